The monoisotopic (exact) mass is 316 g/mol. The molecule has 0 aliphatic carbocycles. The topological polar surface area (TPSA) is 34.1 Å². The summed E-state index contributed by atoms with van der Waals surface area (Å²) in [6.07, 6.45) is 4.74. The zero-order chi connectivity index (χ0) is 16.5. The zero-order valence-corrected chi connectivity index (χ0v) is 13.9. The molecule has 0 radical (unpaired) electrons. The molecule has 1 N–H and O–H groups in total. The van der Waals surface area contributed by atoms with Gasteiger partial charge in [-0.2, -0.15) is 4.39 Å². The van der Waals surface area contributed by atoms with Gasteiger partial charge in [0.25, 0.3) is 0 Å². The van der Waals surface area contributed by atoms with Gasteiger partial charge in [0, 0.05) is 12.1 Å². The number of pyridine rings is 1. The van der Waals surface area contributed by atoms with E-state index in [1.165, 1.54) is 30.9 Å². The highest BCUT2D eigenvalue weighted by atomic mass is 19.1. The highest BCUT2D eigenvalue weighted by Gasteiger charge is 2.05. The SMILES string of the molecule is CCCCCCOc1cc(C)ccc1CNc1cccc(F)n1. The molecule has 1 heterocycles. The lowest BCUT2D eigenvalue weighted by Gasteiger charge is -2.13. The molecule has 3 nitrogen and oxygen atoms in total. The summed E-state index contributed by atoms with van der Waals surface area (Å²) in [6.45, 7) is 5.54. The van der Waals surface area contributed by atoms with Crippen LogP contribution in [-0.4, -0.2) is 11.6 Å². The number of nitrogens with zero attached hydrogens (tertiary/aromatic N) is 1. The molecule has 2 rings (SSSR count). The number of anilines is 1. The van der Waals surface area contributed by atoms with Gasteiger partial charge >= 0.3 is 0 Å². The third-order valence-electron chi connectivity index (χ3n) is 3.65. The lowest BCUT2D eigenvalue weighted by atomic mass is 10.1. The summed E-state index contributed by atoms with van der Waals surface area (Å²) in [7, 11) is 0. The van der Waals surface area contributed by atoms with Crippen LogP contribution in [0.3, 0.4) is 0 Å². The summed E-state index contributed by atoms with van der Waals surface area (Å²) in [4.78, 5) is 3.81. The number of aromatic nitrogens is 1. The molecular formula is C19H25FN2O. The summed E-state index contributed by atoms with van der Waals surface area (Å²) in [5, 5.41) is 3.14. The Kier molecular flexibility index (Phi) is 6.85. The highest BCUT2D eigenvalue weighted by Crippen LogP contribution is 2.22. The van der Waals surface area contributed by atoms with Crippen molar-refractivity contribution in [2.45, 2.75) is 46.1 Å². The normalized spacial score (nSPS) is 10.6. The molecule has 0 amide bonds. The third kappa shape index (κ3) is 5.89. The number of unbranched alkanes of at least 4 members (excludes halogenated alkanes) is 3. The van der Waals surface area contributed by atoms with E-state index in [2.05, 4.69) is 36.3 Å². The number of aryl methyl sites for hydroxylation is 1. The first-order chi connectivity index (χ1) is 11.2. The second kappa shape index (κ2) is 9.13. The maximum Gasteiger partial charge on any atom is 0.214 e. The molecule has 0 atom stereocenters. The smallest absolute Gasteiger partial charge is 0.214 e. The van der Waals surface area contributed by atoms with Crippen LogP contribution in [0.1, 0.15) is 43.7 Å². The number of hydrogen-bond acceptors (Lipinski definition) is 3. The Labute approximate surface area is 137 Å². The number of ether oxygens (including phenoxy) is 1. The van der Waals surface area contributed by atoms with Gasteiger partial charge in [-0.05, 0) is 37.1 Å². The van der Waals surface area contributed by atoms with Crippen LogP contribution >= 0.6 is 0 Å². The summed E-state index contributed by atoms with van der Waals surface area (Å²) < 4.78 is 19.1. The van der Waals surface area contributed by atoms with Gasteiger partial charge in [-0.25, -0.2) is 4.98 Å². The predicted octanol–water partition coefficient (Wildman–Crippen LogP) is 5.10. The Morgan fingerprint density at radius 3 is 2.78 bits per heavy atom. The first-order valence-corrected chi connectivity index (χ1v) is 8.28. The Morgan fingerprint density at radius 1 is 1.13 bits per heavy atom. The number of halogens is 1. The number of rotatable bonds is 9. The Hall–Kier alpha value is -2.10. The van der Waals surface area contributed by atoms with Gasteiger partial charge in [0.15, 0.2) is 0 Å². The Balaban J connectivity index is 1.94. The first-order valence-electron chi connectivity index (χ1n) is 8.28. The van der Waals surface area contributed by atoms with Crippen molar-refractivity contribution in [2.24, 2.45) is 0 Å². The molecule has 0 unspecified atom stereocenters. The van der Waals surface area contributed by atoms with E-state index < -0.39 is 5.95 Å². The number of nitrogens with one attached hydrogen (secondary N) is 1. The molecule has 124 valence electrons. The van der Waals surface area contributed by atoms with Crippen LogP contribution in [0.5, 0.6) is 5.75 Å². The van der Waals surface area contributed by atoms with E-state index in [-0.39, 0.29) is 0 Å². The van der Waals surface area contributed by atoms with Gasteiger partial charge < -0.3 is 10.1 Å². The maximum atomic E-state index is 13.1. The minimum atomic E-state index is -0.480. The number of benzene rings is 1. The van der Waals surface area contributed by atoms with Gasteiger partial charge in [-0.1, -0.05) is 44.4 Å². The third-order valence-corrected chi connectivity index (χ3v) is 3.65. The van der Waals surface area contributed by atoms with Crippen molar-refractivity contribution in [3.63, 3.8) is 0 Å². The van der Waals surface area contributed by atoms with Crippen LogP contribution in [0, 0.1) is 12.9 Å². The molecule has 0 saturated heterocycles. The Morgan fingerprint density at radius 2 is 2.00 bits per heavy atom. The Bertz CT molecular complexity index is 616. The average Bonchev–Trinajstić information content (AvgIpc) is 2.54. The zero-order valence-electron chi connectivity index (χ0n) is 13.9. The average molecular weight is 316 g/mol. The maximum absolute atomic E-state index is 13.1. The second-order valence-electron chi connectivity index (χ2n) is 5.72. The molecule has 0 aliphatic rings. The number of hydrogen-bond donors (Lipinski definition) is 1. The van der Waals surface area contributed by atoms with Crippen molar-refractivity contribution < 1.29 is 9.13 Å². The quantitative estimate of drug-likeness (QED) is 0.516. The standard InChI is InChI=1S/C19H25FN2O/c1-3-4-5-6-12-23-17-13-15(2)10-11-16(17)14-21-19-9-7-8-18(20)22-19/h7-11,13H,3-6,12,14H2,1-2H3,(H,21,22). The van der Waals surface area contributed by atoms with Crippen LogP contribution in [0.25, 0.3) is 0 Å². The summed E-state index contributed by atoms with van der Waals surface area (Å²) in [5.74, 6) is 0.941. The second-order valence-corrected chi connectivity index (χ2v) is 5.72. The van der Waals surface area contributed by atoms with Crippen molar-refractivity contribution in [1.82, 2.24) is 4.98 Å². The molecule has 0 saturated carbocycles. The van der Waals surface area contributed by atoms with Crippen molar-refractivity contribution in [3.8, 4) is 5.75 Å². The van der Waals surface area contributed by atoms with Crippen LogP contribution in [0.4, 0.5) is 10.2 Å². The van der Waals surface area contributed by atoms with E-state index in [0.29, 0.717) is 12.4 Å². The fraction of sp³-hybridized carbons (Fsp3) is 0.421. The van der Waals surface area contributed by atoms with E-state index >= 15 is 0 Å². The molecular weight excluding hydrogens is 291 g/mol. The fourth-order valence-corrected chi connectivity index (χ4v) is 2.35. The van der Waals surface area contributed by atoms with Gasteiger partial charge in [0.2, 0.25) is 5.95 Å². The van der Waals surface area contributed by atoms with Gasteiger partial charge in [-0.3, -0.25) is 0 Å². The van der Waals surface area contributed by atoms with Gasteiger partial charge in [-0.15, -0.1) is 0 Å². The van der Waals surface area contributed by atoms with Crippen molar-refractivity contribution in [1.29, 1.82) is 0 Å². The molecule has 1 aromatic carbocycles. The summed E-state index contributed by atoms with van der Waals surface area (Å²) in [5.41, 5.74) is 2.22. The predicted molar refractivity (Wildman–Crippen MR) is 92.3 cm³/mol. The van der Waals surface area contributed by atoms with Gasteiger partial charge in [0.1, 0.15) is 11.6 Å². The summed E-state index contributed by atoms with van der Waals surface area (Å²) >= 11 is 0. The molecule has 0 spiro atoms. The summed E-state index contributed by atoms with van der Waals surface area (Å²) in [6, 6.07) is 10.9. The van der Waals surface area contributed by atoms with Gasteiger partial charge in [0.05, 0.1) is 6.61 Å². The molecule has 0 aliphatic heterocycles. The van der Waals surface area contributed by atoms with E-state index in [4.69, 9.17) is 4.74 Å². The first kappa shape index (κ1) is 17.3. The van der Waals surface area contributed by atoms with Crippen molar-refractivity contribution >= 4 is 5.82 Å². The lowest BCUT2D eigenvalue weighted by molar-refractivity contribution is 0.302. The van der Waals surface area contributed by atoms with Crippen LogP contribution in [0.2, 0.25) is 0 Å². The largest absolute Gasteiger partial charge is 0.493 e. The van der Waals surface area contributed by atoms with E-state index in [1.54, 1.807) is 12.1 Å². The molecule has 4 heteroatoms. The minimum Gasteiger partial charge on any atom is -0.493 e. The van der Waals surface area contributed by atoms with Crippen LogP contribution in [0.15, 0.2) is 36.4 Å². The molecule has 0 bridgehead atoms. The molecule has 0 fully saturated rings. The fourth-order valence-electron chi connectivity index (χ4n) is 2.35. The minimum absolute atomic E-state index is 0.480. The van der Waals surface area contributed by atoms with Crippen LogP contribution < -0.4 is 10.1 Å². The van der Waals surface area contributed by atoms with Crippen molar-refractivity contribution in [2.75, 3.05) is 11.9 Å². The van der Waals surface area contributed by atoms with E-state index in [9.17, 15) is 4.39 Å². The van der Waals surface area contributed by atoms with E-state index in [0.717, 1.165) is 24.3 Å². The highest BCUT2D eigenvalue weighted by molar-refractivity contribution is 5.41. The van der Waals surface area contributed by atoms with Crippen molar-refractivity contribution in [3.05, 3.63) is 53.5 Å². The van der Waals surface area contributed by atoms with E-state index in [1.807, 2.05) is 6.07 Å². The van der Waals surface area contributed by atoms with Crippen LogP contribution in [-0.2, 0) is 6.54 Å². The molecule has 1 aromatic heterocycles. The lowest BCUT2D eigenvalue weighted by Crippen LogP contribution is -2.06. The molecule has 2 aromatic rings. The molecule has 23 heavy (non-hydrogen) atoms.